The van der Waals surface area contributed by atoms with Crippen molar-refractivity contribution in [2.75, 3.05) is 29.9 Å². The summed E-state index contributed by atoms with van der Waals surface area (Å²) in [4.78, 5) is 30.8. The third-order valence-electron chi connectivity index (χ3n) is 7.12. The summed E-state index contributed by atoms with van der Waals surface area (Å²) in [5, 5.41) is 2.83. The lowest BCUT2D eigenvalue weighted by Gasteiger charge is -2.34. The van der Waals surface area contributed by atoms with Crippen molar-refractivity contribution in [3.8, 4) is 0 Å². The number of hydrogen-bond acceptors (Lipinski definition) is 6. The zero-order valence-electron chi connectivity index (χ0n) is 19.0. The second-order valence-electron chi connectivity index (χ2n) is 9.76. The first-order valence-electron chi connectivity index (χ1n) is 11.5. The van der Waals surface area contributed by atoms with Crippen molar-refractivity contribution < 1.29 is 4.79 Å². The quantitative estimate of drug-likeness (QED) is 0.808. The van der Waals surface area contributed by atoms with E-state index < -0.39 is 0 Å². The highest BCUT2D eigenvalue weighted by Crippen LogP contribution is 2.58. The van der Waals surface area contributed by atoms with Crippen LogP contribution in [0.3, 0.4) is 0 Å². The summed E-state index contributed by atoms with van der Waals surface area (Å²) >= 11 is 0. The summed E-state index contributed by atoms with van der Waals surface area (Å²) in [6.45, 7) is 11.3. The number of aromatic nitrogens is 3. The van der Waals surface area contributed by atoms with Gasteiger partial charge < -0.3 is 15.1 Å². The van der Waals surface area contributed by atoms with Gasteiger partial charge in [0.2, 0.25) is 5.91 Å². The molecule has 3 aliphatic rings. The van der Waals surface area contributed by atoms with Crippen LogP contribution in [0.15, 0.2) is 18.3 Å². The molecule has 31 heavy (non-hydrogen) atoms. The third kappa shape index (κ3) is 3.80. The van der Waals surface area contributed by atoms with Gasteiger partial charge in [0.05, 0.1) is 5.69 Å². The van der Waals surface area contributed by atoms with Crippen LogP contribution in [-0.2, 0) is 10.2 Å². The average Bonchev–Trinajstić information content (AvgIpc) is 3.44. The van der Waals surface area contributed by atoms with E-state index in [-0.39, 0.29) is 11.3 Å². The van der Waals surface area contributed by atoms with Gasteiger partial charge in [-0.1, -0.05) is 0 Å². The van der Waals surface area contributed by atoms with Crippen LogP contribution in [0.5, 0.6) is 0 Å². The normalized spacial score (nSPS) is 20.4. The van der Waals surface area contributed by atoms with Gasteiger partial charge in [0.1, 0.15) is 17.5 Å². The van der Waals surface area contributed by atoms with Crippen LogP contribution in [0.4, 0.5) is 17.3 Å². The summed E-state index contributed by atoms with van der Waals surface area (Å²) in [6.07, 6.45) is 6.53. The van der Waals surface area contributed by atoms with Crippen molar-refractivity contribution in [3.05, 3.63) is 35.4 Å². The number of likely N-dealkylation sites (tertiary alicyclic amines) is 1. The number of carbonyl (C=O) groups excluding carboxylic acids is 1. The van der Waals surface area contributed by atoms with Gasteiger partial charge >= 0.3 is 0 Å². The molecule has 1 saturated carbocycles. The minimum absolute atomic E-state index is 0.106. The zero-order valence-corrected chi connectivity index (χ0v) is 19.0. The average molecular weight is 421 g/mol. The van der Waals surface area contributed by atoms with Crippen LogP contribution in [-0.4, -0.2) is 51.4 Å². The lowest BCUT2D eigenvalue weighted by atomic mass is 9.95. The van der Waals surface area contributed by atoms with E-state index in [9.17, 15) is 4.79 Å². The Morgan fingerprint density at radius 1 is 1.19 bits per heavy atom. The monoisotopic (exact) mass is 420 g/mol. The predicted octanol–water partition coefficient (Wildman–Crippen LogP) is 3.91. The fraction of sp³-hybridized carbons (Fsp3) is 0.583. The fourth-order valence-electron chi connectivity index (χ4n) is 5.15. The molecule has 0 aromatic carbocycles. The Hall–Kier alpha value is -2.54. The molecule has 2 fully saturated rings. The number of nitrogens with one attached hydrogen (secondary N) is 1. The smallest absolute Gasteiger partial charge is 0.222 e. The Labute approximate surface area is 184 Å². The number of carbonyl (C=O) groups is 1. The summed E-state index contributed by atoms with van der Waals surface area (Å²) in [7, 11) is 0. The highest BCUT2D eigenvalue weighted by atomic mass is 16.1. The maximum atomic E-state index is 11.5. The Bertz CT molecular complexity index is 1010. The first kappa shape index (κ1) is 20.4. The van der Waals surface area contributed by atoms with Crippen molar-refractivity contribution in [2.24, 2.45) is 0 Å². The maximum Gasteiger partial charge on any atom is 0.222 e. The van der Waals surface area contributed by atoms with Gasteiger partial charge in [-0.15, -0.1) is 0 Å². The Morgan fingerprint density at radius 3 is 2.58 bits per heavy atom. The number of rotatable bonds is 4. The van der Waals surface area contributed by atoms with Gasteiger partial charge in [0, 0.05) is 60.4 Å². The van der Waals surface area contributed by atoms with Crippen LogP contribution in [0.1, 0.15) is 69.5 Å². The summed E-state index contributed by atoms with van der Waals surface area (Å²) < 4.78 is 0. The van der Waals surface area contributed by atoms with Crippen molar-refractivity contribution >= 4 is 23.2 Å². The maximum absolute atomic E-state index is 11.5. The molecule has 0 atom stereocenters. The molecule has 4 heterocycles. The van der Waals surface area contributed by atoms with Gasteiger partial charge in [-0.25, -0.2) is 15.0 Å². The summed E-state index contributed by atoms with van der Waals surface area (Å²) in [6, 6.07) is 4.69. The Balaban J connectivity index is 1.46. The molecule has 1 amide bonds. The molecule has 1 spiro atoms. The van der Waals surface area contributed by atoms with E-state index in [0.717, 1.165) is 55.5 Å². The van der Waals surface area contributed by atoms with E-state index >= 15 is 0 Å². The molecule has 7 heteroatoms. The molecule has 0 unspecified atom stereocenters. The van der Waals surface area contributed by atoms with E-state index in [1.54, 1.807) is 0 Å². The SMILES string of the molecule is CC(=O)Nc1cc2c(cn1)C1(CC1)CN2c1cc(C)nc(C2CCN(C(C)C)CC2)n1. The van der Waals surface area contributed by atoms with Crippen LogP contribution >= 0.6 is 0 Å². The molecule has 5 rings (SSSR count). The van der Waals surface area contributed by atoms with E-state index in [4.69, 9.17) is 9.97 Å². The van der Waals surface area contributed by atoms with E-state index in [1.807, 2.05) is 12.3 Å². The number of nitrogens with zero attached hydrogens (tertiary/aromatic N) is 5. The zero-order chi connectivity index (χ0) is 21.8. The number of fused-ring (bicyclic) bond motifs is 2. The minimum Gasteiger partial charge on any atom is -0.325 e. The summed E-state index contributed by atoms with van der Waals surface area (Å²) in [5.74, 6) is 2.86. The molecule has 1 aliphatic carbocycles. The summed E-state index contributed by atoms with van der Waals surface area (Å²) in [5.41, 5.74) is 3.61. The molecule has 1 saturated heterocycles. The largest absolute Gasteiger partial charge is 0.325 e. The van der Waals surface area contributed by atoms with Crippen LogP contribution in [0.2, 0.25) is 0 Å². The number of hydrogen-bond donors (Lipinski definition) is 1. The number of aryl methyl sites for hydroxylation is 1. The van der Waals surface area contributed by atoms with Gasteiger partial charge in [-0.3, -0.25) is 4.79 Å². The predicted molar refractivity (Wildman–Crippen MR) is 122 cm³/mol. The van der Waals surface area contributed by atoms with Gasteiger partial charge in [0.15, 0.2) is 0 Å². The van der Waals surface area contributed by atoms with Crippen LogP contribution < -0.4 is 10.2 Å². The lowest BCUT2D eigenvalue weighted by molar-refractivity contribution is -0.114. The number of pyridine rings is 1. The minimum atomic E-state index is -0.106. The molecule has 2 aromatic heterocycles. The number of amides is 1. The molecular formula is C24H32N6O. The lowest BCUT2D eigenvalue weighted by Crippen LogP contribution is -2.38. The van der Waals surface area contributed by atoms with Crippen molar-refractivity contribution in [1.82, 2.24) is 19.9 Å². The van der Waals surface area contributed by atoms with Crippen molar-refractivity contribution in [1.29, 1.82) is 0 Å². The van der Waals surface area contributed by atoms with E-state index in [1.165, 1.54) is 25.3 Å². The Morgan fingerprint density at radius 2 is 1.94 bits per heavy atom. The highest BCUT2D eigenvalue weighted by Gasteiger charge is 2.52. The van der Waals surface area contributed by atoms with Gasteiger partial charge in [0.25, 0.3) is 0 Å². The molecule has 0 radical (unpaired) electrons. The first-order valence-corrected chi connectivity index (χ1v) is 11.5. The highest BCUT2D eigenvalue weighted by molar-refractivity contribution is 5.89. The number of anilines is 3. The van der Waals surface area contributed by atoms with Crippen LogP contribution in [0, 0.1) is 6.92 Å². The second kappa shape index (κ2) is 7.55. The topological polar surface area (TPSA) is 74.2 Å². The first-order chi connectivity index (χ1) is 14.8. The van der Waals surface area contributed by atoms with Crippen LogP contribution in [0.25, 0.3) is 0 Å². The molecule has 2 aliphatic heterocycles. The molecule has 0 bridgehead atoms. The molecular weight excluding hydrogens is 388 g/mol. The molecule has 7 nitrogen and oxygen atoms in total. The Kier molecular flexibility index (Phi) is 4.96. The molecule has 164 valence electrons. The third-order valence-corrected chi connectivity index (χ3v) is 7.12. The van der Waals surface area contributed by atoms with Gasteiger partial charge in [-0.2, -0.15) is 0 Å². The van der Waals surface area contributed by atoms with Crippen molar-refractivity contribution in [3.63, 3.8) is 0 Å². The van der Waals surface area contributed by atoms with Crippen molar-refractivity contribution in [2.45, 2.75) is 70.8 Å². The van der Waals surface area contributed by atoms with E-state index in [2.05, 4.69) is 46.9 Å². The van der Waals surface area contributed by atoms with Gasteiger partial charge in [-0.05, 0) is 59.5 Å². The fourth-order valence-corrected chi connectivity index (χ4v) is 5.15. The van der Waals surface area contributed by atoms with E-state index in [0.29, 0.717) is 17.8 Å². The molecule has 1 N–H and O–H groups in total. The standard InChI is InChI=1S/C24H32N6O/c1-15(2)29-9-5-18(6-10-29)23-26-16(3)11-22(28-23)30-14-24(7-8-24)19-13-25-21(12-20(19)30)27-17(4)31/h11-13,15,18H,5-10,14H2,1-4H3,(H,25,27,31). The molecule has 2 aromatic rings. The number of piperidine rings is 1. The second-order valence-corrected chi connectivity index (χ2v) is 9.76.